The van der Waals surface area contributed by atoms with E-state index in [-0.39, 0.29) is 18.4 Å². The molecule has 0 saturated heterocycles. The Bertz CT molecular complexity index is 399. The van der Waals surface area contributed by atoms with Crippen LogP contribution in [0, 0.1) is 6.92 Å². The van der Waals surface area contributed by atoms with Gasteiger partial charge in [0, 0.05) is 6.04 Å². The number of carbonyl (C=O) groups is 1. The van der Waals surface area contributed by atoms with Gasteiger partial charge in [-0.3, -0.25) is 4.79 Å². The maximum Gasteiger partial charge on any atom is 0.307 e. The van der Waals surface area contributed by atoms with Gasteiger partial charge >= 0.3 is 5.97 Å². The number of aryl methyl sites for hydroxylation is 1. The van der Waals surface area contributed by atoms with E-state index in [4.69, 9.17) is 5.73 Å². The van der Waals surface area contributed by atoms with E-state index in [0.29, 0.717) is 5.92 Å². The summed E-state index contributed by atoms with van der Waals surface area (Å²) in [6, 6.07) is 5.96. The van der Waals surface area contributed by atoms with Crippen LogP contribution in [0.15, 0.2) is 18.2 Å². The number of hydrogen-bond donors (Lipinski definition) is 1. The number of esters is 1. The van der Waals surface area contributed by atoms with Crippen LogP contribution in [0.4, 0.5) is 0 Å². The fourth-order valence-electron chi connectivity index (χ4n) is 1.79. The van der Waals surface area contributed by atoms with Gasteiger partial charge in [0.05, 0.1) is 13.5 Å². The zero-order valence-corrected chi connectivity index (χ0v) is 11.0. The number of benzene rings is 1. The molecule has 3 nitrogen and oxygen atoms in total. The van der Waals surface area contributed by atoms with Crippen molar-refractivity contribution in [2.45, 2.75) is 39.2 Å². The van der Waals surface area contributed by atoms with E-state index in [1.807, 2.05) is 6.92 Å². The molecule has 0 heterocycles. The van der Waals surface area contributed by atoms with Crippen LogP contribution in [0.1, 0.15) is 48.9 Å². The lowest BCUT2D eigenvalue weighted by molar-refractivity contribution is -0.141. The van der Waals surface area contributed by atoms with Crippen LogP contribution in [0.5, 0.6) is 0 Å². The molecule has 2 N–H and O–H groups in total. The molecule has 1 atom stereocenters. The predicted octanol–water partition coefficient (Wildman–Crippen LogP) is 2.68. The summed E-state index contributed by atoms with van der Waals surface area (Å²) in [7, 11) is 1.38. The Hall–Kier alpha value is -1.35. The number of rotatable bonds is 4. The average molecular weight is 235 g/mol. The highest BCUT2D eigenvalue weighted by molar-refractivity contribution is 5.70. The lowest BCUT2D eigenvalue weighted by Crippen LogP contribution is -2.17. The Labute approximate surface area is 103 Å². The van der Waals surface area contributed by atoms with Crippen molar-refractivity contribution in [2.24, 2.45) is 5.73 Å². The van der Waals surface area contributed by atoms with Crippen molar-refractivity contribution >= 4 is 5.97 Å². The van der Waals surface area contributed by atoms with Gasteiger partial charge in [0.25, 0.3) is 0 Å². The molecule has 1 aromatic rings. The van der Waals surface area contributed by atoms with E-state index in [0.717, 1.165) is 11.1 Å². The molecule has 0 amide bonds. The van der Waals surface area contributed by atoms with Crippen LogP contribution < -0.4 is 5.73 Å². The summed E-state index contributed by atoms with van der Waals surface area (Å²) >= 11 is 0. The molecule has 3 heteroatoms. The number of hydrogen-bond acceptors (Lipinski definition) is 3. The van der Waals surface area contributed by atoms with Crippen molar-refractivity contribution in [3.63, 3.8) is 0 Å². The molecule has 1 aromatic carbocycles. The molecular formula is C14H21NO2. The van der Waals surface area contributed by atoms with Crippen LogP contribution in [0.3, 0.4) is 0 Å². The first-order valence-corrected chi connectivity index (χ1v) is 5.88. The first kappa shape index (κ1) is 13.7. The van der Waals surface area contributed by atoms with Crippen molar-refractivity contribution < 1.29 is 9.53 Å². The van der Waals surface area contributed by atoms with Crippen LogP contribution in [0.2, 0.25) is 0 Å². The van der Waals surface area contributed by atoms with Gasteiger partial charge in [-0.25, -0.2) is 0 Å². The lowest BCUT2D eigenvalue weighted by atomic mass is 9.93. The molecule has 1 unspecified atom stereocenters. The molecule has 0 fully saturated rings. The third-order valence-electron chi connectivity index (χ3n) is 2.98. The number of ether oxygens (including phenoxy) is 1. The Balaban J connectivity index is 2.95. The van der Waals surface area contributed by atoms with Gasteiger partial charge in [-0.15, -0.1) is 0 Å². The summed E-state index contributed by atoms with van der Waals surface area (Å²) in [5.41, 5.74) is 9.43. The van der Waals surface area contributed by atoms with Gasteiger partial charge in [0.2, 0.25) is 0 Å². The maximum absolute atomic E-state index is 11.2. The minimum Gasteiger partial charge on any atom is -0.469 e. The summed E-state index contributed by atoms with van der Waals surface area (Å²) in [5.74, 6) is 0.187. The van der Waals surface area contributed by atoms with Crippen LogP contribution in [-0.2, 0) is 9.53 Å². The molecule has 0 radical (unpaired) electrons. The SMILES string of the molecule is COC(=O)CC(N)c1cc(C(C)C)ccc1C. The molecule has 0 spiro atoms. The van der Waals surface area contributed by atoms with Gasteiger partial charge in [0.15, 0.2) is 0 Å². The fraction of sp³-hybridized carbons (Fsp3) is 0.500. The largest absolute Gasteiger partial charge is 0.469 e. The molecule has 0 aliphatic rings. The average Bonchev–Trinajstić information content (AvgIpc) is 2.28. The molecule has 1 rings (SSSR count). The fourth-order valence-corrected chi connectivity index (χ4v) is 1.79. The summed E-state index contributed by atoms with van der Waals surface area (Å²) in [6.07, 6.45) is 0.221. The second-order valence-electron chi connectivity index (χ2n) is 4.66. The second kappa shape index (κ2) is 5.82. The third-order valence-corrected chi connectivity index (χ3v) is 2.98. The van der Waals surface area contributed by atoms with Crippen molar-refractivity contribution in [1.29, 1.82) is 0 Å². The van der Waals surface area contributed by atoms with Gasteiger partial charge < -0.3 is 10.5 Å². The minimum atomic E-state index is -0.291. The number of methoxy groups -OCH3 is 1. The van der Waals surface area contributed by atoms with Gasteiger partial charge in [-0.1, -0.05) is 32.0 Å². The zero-order valence-electron chi connectivity index (χ0n) is 11.0. The molecule has 0 aliphatic carbocycles. The summed E-state index contributed by atoms with van der Waals surface area (Å²) < 4.78 is 4.64. The van der Waals surface area contributed by atoms with Gasteiger partial charge in [0.1, 0.15) is 0 Å². The smallest absolute Gasteiger partial charge is 0.307 e. The normalized spacial score (nSPS) is 12.6. The highest BCUT2D eigenvalue weighted by Gasteiger charge is 2.15. The summed E-state index contributed by atoms with van der Waals surface area (Å²) in [6.45, 7) is 6.29. The van der Waals surface area contributed by atoms with Crippen molar-refractivity contribution in [3.05, 3.63) is 34.9 Å². The Morgan fingerprint density at radius 2 is 2.06 bits per heavy atom. The number of nitrogens with two attached hydrogens (primary N) is 1. The van der Waals surface area contributed by atoms with Crippen molar-refractivity contribution in [2.75, 3.05) is 7.11 Å². The Kier molecular flexibility index (Phi) is 4.70. The highest BCUT2D eigenvalue weighted by atomic mass is 16.5. The van der Waals surface area contributed by atoms with Crippen LogP contribution in [0.25, 0.3) is 0 Å². The zero-order chi connectivity index (χ0) is 13.0. The van der Waals surface area contributed by atoms with E-state index < -0.39 is 0 Å². The van der Waals surface area contributed by atoms with E-state index in [2.05, 4.69) is 36.8 Å². The van der Waals surface area contributed by atoms with Crippen molar-refractivity contribution in [1.82, 2.24) is 0 Å². The molecule has 0 bridgehead atoms. The third kappa shape index (κ3) is 3.56. The van der Waals surface area contributed by atoms with E-state index >= 15 is 0 Å². The summed E-state index contributed by atoms with van der Waals surface area (Å²) in [4.78, 5) is 11.2. The molecule has 0 aliphatic heterocycles. The molecule has 17 heavy (non-hydrogen) atoms. The quantitative estimate of drug-likeness (QED) is 0.816. The first-order valence-electron chi connectivity index (χ1n) is 5.88. The molecule has 0 saturated carbocycles. The van der Waals surface area contributed by atoms with Crippen molar-refractivity contribution in [3.8, 4) is 0 Å². The van der Waals surface area contributed by atoms with E-state index in [1.54, 1.807) is 0 Å². The molecular weight excluding hydrogens is 214 g/mol. The van der Waals surface area contributed by atoms with Crippen LogP contribution in [-0.4, -0.2) is 13.1 Å². The maximum atomic E-state index is 11.2. The van der Waals surface area contributed by atoms with Crippen LogP contribution >= 0.6 is 0 Å². The predicted molar refractivity (Wildman–Crippen MR) is 68.8 cm³/mol. The monoisotopic (exact) mass is 235 g/mol. The van der Waals surface area contributed by atoms with E-state index in [9.17, 15) is 4.79 Å². The highest BCUT2D eigenvalue weighted by Crippen LogP contribution is 2.24. The Morgan fingerprint density at radius 1 is 1.41 bits per heavy atom. The second-order valence-corrected chi connectivity index (χ2v) is 4.66. The van der Waals surface area contributed by atoms with E-state index in [1.165, 1.54) is 12.7 Å². The minimum absolute atomic E-state index is 0.221. The molecule has 0 aromatic heterocycles. The Morgan fingerprint density at radius 3 is 2.59 bits per heavy atom. The molecule has 94 valence electrons. The van der Waals surface area contributed by atoms with Gasteiger partial charge in [-0.05, 0) is 29.5 Å². The van der Waals surface area contributed by atoms with Gasteiger partial charge in [-0.2, -0.15) is 0 Å². The number of carbonyl (C=O) groups excluding carboxylic acids is 1. The summed E-state index contributed by atoms with van der Waals surface area (Å²) in [5, 5.41) is 0. The first-order chi connectivity index (χ1) is 7.95. The topological polar surface area (TPSA) is 52.3 Å². The lowest BCUT2D eigenvalue weighted by Gasteiger charge is -2.16. The standard InChI is InChI=1S/C14H21NO2/c1-9(2)11-6-5-10(3)12(7-11)13(15)8-14(16)17-4/h5-7,9,13H,8,15H2,1-4H3.